The summed E-state index contributed by atoms with van der Waals surface area (Å²) < 4.78 is 5.14. The van der Waals surface area contributed by atoms with Crippen molar-refractivity contribution in [1.82, 2.24) is 5.32 Å². The number of hydrogen-bond donors (Lipinski definition) is 2. The second-order valence-electron chi connectivity index (χ2n) is 6.65. The van der Waals surface area contributed by atoms with Crippen molar-refractivity contribution in [3.05, 3.63) is 0 Å². The van der Waals surface area contributed by atoms with Gasteiger partial charge in [0.05, 0.1) is 0 Å². The fraction of sp³-hybridized carbons (Fsp3) is 0.857. The van der Waals surface area contributed by atoms with Crippen LogP contribution in [0.5, 0.6) is 0 Å². The van der Waals surface area contributed by atoms with Crippen LogP contribution in [-0.4, -0.2) is 28.8 Å². The van der Waals surface area contributed by atoms with E-state index < -0.39 is 23.7 Å². The summed E-state index contributed by atoms with van der Waals surface area (Å²) in [6.07, 6.45) is 3.90. The quantitative estimate of drug-likeness (QED) is 0.825. The number of fused-ring (bicyclic) bond motifs is 1. The Morgan fingerprint density at radius 2 is 1.74 bits per heavy atom. The Bertz CT molecular complexity index is 362. The average molecular weight is 269 g/mol. The molecule has 5 nitrogen and oxygen atoms in total. The molecule has 0 aromatic heterocycles. The zero-order valence-electron chi connectivity index (χ0n) is 11.8. The van der Waals surface area contributed by atoms with Gasteiger partial charge in [0.15, 0.2) is 0 Å². The van der Waals surface area contributed by atoms with Gasteiger partial charge in [0.1, 0.15) is 11.6 Å². The van der Waals surface area contributed by atoms with E-state index in [1.54, 1.807) is 20.8 Å². The number of rotatable bonds is 3. The Kier molecular flexibility index (Phi) is 3.74. The van der Waals surface area contributed by atoms with Crippen LogP contribution in [0.15, 0.2) is 0 Å². The van der Waals surface area contributed by atoms with Crippen LogP contribution in [0.1, 0.15) is 46.5 Å². The van der Waals surface area contributed by atoms with Gasteiger partial charge in [-0.2, -0.15) is 0 Å². The normalized spacial score (nSPS) is 31.0. The molecule has 0 bridgehead atoms. The van der Waals surface area contributed by atoms with E-state index in [1.165, 1.54) is 12.8 Å². The summed E-state index contributed by atoms with van der Waals surface area (Å²) in [5.74, 6) is 0.0901. The molecule has 1 amide bonds. The molecule has 108 valence electrons. The molecule has 0 saturated heterocycles. The van der Waals surface area contributed by atoms with Gasteiger partial charge >= 0.3 is 12.1 Å². The number of nitrogens with one attached hydrogen (secondary N) is 1. The van der Waals surface area contributed by atoms with Gasteiger partial charge in [-0.15, -0.1) is 0 Å². The highest BCUT2D eigenvalue weighted by Crippen LogP contribution is 2.57. The molecule has 2 aliphatic carbocycles. The highest BCUT2D eigenvalue weighted by atomic mass is 16.6. The smallest absolute Gasteiger partial charge is 0.408 e. The van der Waals surface area contributed by atoms with Crippen molar-refractivity contribution < 1.29 is 19.4 Å². The second kappa shape index (κ2) is 5.02. The molecule has 2 unspecified atom stereocenters. The van der Waals surface area contributed by atoms with Gasteiger partial charge in [0.2, 0.25) is 0 Å². The summed E-state index contributed by atoms with van der Waals surface area (Å²) in [4.78, 5) is 23.1. The average Bonchev–Trinajstić information content (AvgIpc) is 2.97. The second-order valence-corrected chi connectivity index (χ2v) is 6.65. The van der Waals surface area contributed by atoms with E-state index in [2.05, 4.69) is 5.32 Å². The molecule has 0 radical (unpaired) electrons. The number of carbonyl (C=O) groups is 2. The van der Waals surface area contributed by atoms with Crippen LogP contribution < -0.4 is 5.32 Å². The van der Waals surface area contributed by atoms with E-state index >= 15 is 0 Å². The number of hydrogen-bond acceptors (Lipinski definition) is 3. The summed E-state index contributed by atoms with van der Waals surface area (Å²) in [6, 6.07) is -0.803. The summed E-state index contributed by atoms with van der Waals surface area (Å²) in [7, 11) is 0. The van der Waals surface area contributed by atoms with Crippen molar-refractivity contribution in [2.45, 2.75) is 58.1 Å². The summed E-state index contributed by atoms with van der Waals surface area (Å²) in [6.45, 7) is 5.29. The lowest BCUT2D eigenvalue weighted by atomic mass is 10.0. The largest absolute Gasteiger partial charge is 0.480 e. The predicted octanol–water partition coefficient (Wildman–Crippen LogP) is 2.40. The van der Waals surface area contributed by atoms with Crippen LogP contribution in [0.4, 0.5) is 4.79 Å². The Hall–Kier alpha value is -1.26. The molecule has 0 aromatic rings. The number of alkyl carbamates (subject to hydrolysis) is 1. The van der Waals surface area contributed by atoms with Crippen LogP contribution in [0, 0.1) is 17.8 Å². The number of aliphatic carboxylic acids is 1. The van der Waals surface area contributed by atoms with E-state index in [0.29, 0.717) is 11.8 Å². The first-order valence-corrected chi connectivity index (χ1v) is 7.02. The minimum absolute atomic E-state index is 0.0903. The topological polar surface area (TPSA) is 75.6 Å². The van der Waals surface area contributed by atoms with Crippen LogP contribution in [0.2, 0.25) is 0 Å². The monoisotopic (exact) mass is 269 g/mol. The lowest BCUT2D eigenvalue weighted by Gasteiger charge is -2.22. The molecule has 0 spiro atoms. The molecule has 2 saturated carbocycles. The fourth-order valence-electron chi connectivity index (χ4n) is 3.30. The van der Waals surface area contributed by atoms with Crippen molar-refractivity contribution in [2.75, 3.05) is 0 Å². The third-order valence-electron chi connectivity index (χ3n) is 4.05. The van der Waals surface area contributed by atoms with Crippen molar-refractivity contribution in [1.29, 1.82) is 0 Å². The van der Waals surface area contributed by atoms with Crippen molar-refractivity contribution in [3.63, 3.8) is 0 Å². The van der Waals surface area contributed by atoms with Crippen LogP contribution >= 0.6 is 0 Å². The Morgan fingerprint density at radius 1 is 1.21 bits per heavy atom. The van der Waals surface area contributed by atoms with Gasteiger partial charge in [0.25, 0.3) is 0 Å². The molecular formula is C14H23NO4. The first-order valence-electron chi connectivity index (χ1n) is 7.02. The Balaban J connectivity index is 1.94. The third kappa shape index (κ3) is 3.39. The number of carbonyl (C=O) groups excluding carboxylic acids is 1. The molecule has 2 N–H and O–H groups in total. The molecule has 0 heterocycles. The maximum Gasteiger partial charge on any atom is 0.408 e. The maximum atomic E-state index is 11.7. The van der Waals surface area contributed by atoms with Crippen LogP contribution in [0.3, 0.4) is 0 Å². The Labute approximate surface area is 113 Å². The number of carboxylic acids is 1. The molecule has 2 aliphatic rings. The molecule has 0 aliphatic heterocycles. The van der Waals surface area contributed by atoms with Crippen LogP contribution in [-0.2, 0) is 9.53 Å². The summed E-state index contributed by atoms with van der Waals surface area (Å²) >= 11 is 0. The van der Waals surface area contributed by atoms with Gasteiger partial charge < -0.3 is 15.2 Å². The minimum atomic E-state index is -0.953. The summed E-state index contributed by atoms with van der Waals surface area (Å²) in [5.41, 5.74) is -0.608. The highest BCUT2D eigenvalue weighted by Gasteiger charge is 2.56. The first kappa shape index (κ1) is 14.2. The van der Waals surface area contributed by atoms with E-state index in [1.807, 2.05) is 0 Å². The zero-order valence-corrected chi connectivity index (χ0v) is 11.8. The van der Waals surface area contributed by atoms with Gasteiger partial charge in [-0.05, 0) is 51.4 Å². The highest BCUT2D eigenvalue weighted by molar-refractivity contribution is 5.81. The van der Waals surface area contributed by atoms with Gasteiger partial charge in [-0.1, -0.05) is 12.8 Å². The summed E-state index contributed by atoms with van der Waals surface area (Å²) in [5, 5.41) is 11.8. The minimum Gasteiger partial charge on any atom is -0.480 e. The molecule has 2 fully saturated rings. The Morgan fingerprint density at radius 3 is 2.16 bits per heavy atom. The molecule has 19 heavy (non-hydrogen) atoms. The molecule has 3 atom stereocenters. The van der Waals surface area contributed by atoms with E-state index in [0.717, 1.165) is 12.8 Å². The number of carboxylic acid groups (broad SMARTS) is 1. The van der Waals surface area contributed by atoms with Gasteiger partial charge in [0, 0.05) is 0 Å². The van der Waals surface area contributed by atoms with Crippen molar-refractivity contribution in [2.24, 2.45) is 17.8 Å². The van der Waals surface area contributed by atoms with E-state index in [9.17, 15) is 14.7 Å². The first-order chi connectivity index (χ1) is 8.79. The predicted molar refractivity (Wildman–Crippen MR) is 69.7 cm³/mol. The lowest BCUT2D eigenvalue weighted by Crippen LogP contribution is -2.45. The van der Waals surface area contributed by atoms with E-state index in [-0.39, 0.29) is 5.92 Å². The van der Waals surface area contributed by atoms with Gasteiger partial charge in [-0.3, -0.25) is 0 Å². The standard InChI is InChI=1S/C14H23NO4/c1-14(2,3)19-13(18)15-11(12(16)17)10-8-6-4-5-7-9(8)10/h8-11H,4-7H2,1-3H3,(H,15,18)(H,16,17)/t8?,9?,10?,11-/m0/s1. The van der Waals surface area contributed by atoms with E-state index in [4.69, 9.17) is 4.74 Å². The zero-order chi connectivity index (χ0) is 14.2. The van der Waals surface area contributed by atoms with Crippen LogP contribution in [0.25, 0.3) is 0 Å². The fourth-order valence-corrected chi connectivity index (χ4v) is 3.30. The number of amides is 1. The van der Waals surface area contributed by atoms with Crippen molar-refractivity contribution >= 4 is 12.1 Å². The SMILES string of the molecule is CC(C)(C)OC(=O)N[C@H](C(=O)O)C1C2CCCCC21. The van der Waals surface area contributed by atoms with Gasteiger partial charge in [-0.25, -0.2) is 9.59 Å². The number of ether oxygens (including phenoxy) is 1. The third-order valence-corrected chi connectivity index (χ3v) is 4.05. The molecule has 2 rings (SSSR count). The lowest BCUT2D eigenvalue weighted by molar-refractivity contribution is -0.140. The van der Waals surface area contributed by atoms with Crippen molar-refractivity contribution in [3.8, 4) is 0 Å². The molecule has 0 aromatic carbocycles. The molecular weight excluding hydrogens is 246 g/mol. The maximum absolute atomic E-state index is 11.7. The molecule has 5 heteroatoms.